The highest BCUT2D eigenvalue weighted by molar-refractivity contribution is 6.74. The third kappa shape index (κ3) is 13.5. The molecule has 280 valence electrons. The van der Waals surface area contributed by atoms with Gasteiger partial charge in [-0.05, 0) is 68.4 Å². The van der Waals surface area contributed by atoms with Gasteiger partial charge in [0.1, 0.15) is 18.0 Å². The van der Waals surface area contributed by atoms with Crippen LogP contribution in [-0.4, -0.2) is 71.6 Å². The Morgan fingerprint density at radius 1 is 0.940 bits per heavy atom. The zero-order chi connectivity index (χ0) is 37.3. The van der Waals surface area contributed by atoms with E-state index in [9.17, 15) is 9.59 Å². The van der Waals surface area contributed by atoms with E-state index in [0.29, 0.717) is 32.3 Å². The SMILES string of the molecule is CC1=CCO[C@H](/C=C/[C@H](O[Si](C)(C)C(C)(C)C)[C@@H]2C/C=C/[C@@H](O[Si](C)(C)C(C)(C)C)CC(=O)CC(C)C[C@@H]3CC=C[C@@H](CC#CC(=O)O2)O3)C1. The van der Waals surface area contributed by atoms with Gasteiger partial charge in [-0.1, -0.05) is 102 Å². The van der Waals surface area contributed by atoms with Crippen molar-refractivity contribution < 1.29 is 32.7 Å². The first-order chi connectivity index (χ1) is 23.1. The Hall–Kier alpha value is -2.07. The van der Waals surface area contributed by atoms with Gasteiger partial charge in [-0.3, -0.25) is 4.79 Å². The lowest BCUT2D eigenvalue weighted by Gasteiger charge is -2.40. The van der Waals surface area contributed by atoms with Crippen LogP contribution in [0.1, 0.15) is 100 Å². The molecule has 0 aromatic carbocycles. The summed E-state index contributed by atoms with van der Waals surface area (Å²) < 4.78 is 32.3. The molecule has 9 heteroatoms. The van der Waals surface area contributed by atoms with Gasteiger partial charge in [-0.25, -0.2) is 4.79 Å². The van der Waals surface area contributed by atoms with Gasteiger partial charge in [0, 0.05) is 31.6 Å². The Morgan fingerprint density at radius 2 is 1.62 bits per heavy atom. The van der Waals surface area contributed by atoms with Crippen LogP contribution in [0, 0.1) is 17.8 Å². The van der Waals surface area contributed by atoms with Crippen molar-refractivity contribution in [2.45, 2.75) is 173 Å². The van der Waals surface area contributed by atoms with Gasteiger partial charge >= 0.3 is 5.97 Å². The molecule has 1 unspecified atom stereocenters. The molecule has 50 heavy (non-hydrogen) atoms. The second-order valence-corrected chi connectivity index (χ2v) is 27.1. The van der Waals surface area contributed by atoms with Gasteiger partial charge < -0.3 is 23.1 Å². The quantitative estimate of drug-likeness (QED) is 0.0851. The molecule has 2 bridgehead atoms. The van der Waals surface area contributed by atoms with E-state index in [4.69, 9.17) is 23.1 Å². The molecule has 0 spiro atoms. The van der Waals surface area contributed by atoms with E-state index in [-0.39, 0.29) is 46.2 Å². The Balaban J connectivity index is 2.03. The van der Waals surface area contributed by atoms with E-state index in [1.54, 1.807) is 0 Å². The lowest BCUT2D eigenvalue weighted by Crippen LogP contribution is -2.47. The molecule has 0 aromatic heterocycles. The number of cyclic esters (lactones) is 1. The van der Waals surface area contributed by atoms with Gasteiger partial charge in [-0.15, -0.1) is 0 Å². The fourth-order valence-electron chi connectivity index (χ4n) is 5.82. The summed E-state index contributed by atoms with van der Waals surface area (Å²) in [6.45, 7) is 26.9. The molecule has 3 aliphatic heterocycles. The maximum atomic E-state index is 13.5. The Bertz CT molecular complexity index is 1330. The minimum Gasteiger partial charge on any atom is -0.449 e. The van der Waals surface area contributed by atoms with E-state index >= 15 is 0 Å². The smallest absolute Gasteiger partial charge is 0.384 e. The molecular formula is C41H66O7Si2. The van der Waals surface area contributed by atoms with E-state index in [1.165, 1.54) is 5.57 Å². The Kier molecular flexibility index (Phi) is 15.3. The molecule has 0 aromatic rings. The minimum atomic E-state index is -2.32. The molecule has 0 saturated heterocycles. The first-order valence-electron chi connectivity index (χ1n) is 18.7. The van der Waals surface area contributed by atoms with Crippen LogP contribution in [0.2, 0.25) is 36.3 Å². The second kappa shape index (κ2) is 18.1. The van der Waals surface area contributed by atoms with Gasteiger partial charge in [0.15, 0.2) is 16.6 Å². The summed E-state index contributed by atoms with van der Waals surface area (Å²) >= 11 is 0. The Morgan fingerprint density at radius 3 is 2.28 bits per heavy atom. The summed E-state index contributed by atoms with van der Waals surface area (Å²) in [6.07, 6.45) is 16.4. The number of hydrogen-bond donors (Lipinski definition) is 0. The number of fused-ring (bicyclic) bond motifs is 2. The van der Waals surface area contributed by atoms with Crippen LogP contribution in [0.25, 0.3) is 0 Å². The van der Waals surface area contributed by atoms with Crippen LogP contribution >= 0.6 is 0 Å². The monoisotopic (exact) mass is 726 g/mol. The van der Waals surface area contributed by atoms with E-state index in [2.05, 4.69) is 112 Å². The number of ether oxygens (including phenoxy) is 3. The van der Waals surface area contributed by atoms with Crippen LogP contribution < -0.4 is 0 Å². The number of Topliss-reactive ketones (excluding diaryl/α,β-unsaturated/α-hetero) is 1. The molecule has 0 aliphatic carbocycles. The summed E-state index contributed by atoms with van der Waals surface area (Å²) in [7, 11) is -4.53. The van der Waals surface area contributed by atoms with E-state index in [0.717, 1.165) is 19.3 Å². The van der Waals surface area contributed by atoms with Gasteiger partial charge in [0.25, 0.3) is 0 Å². The average molecular weight is 727 g/mol. The summed E-state index contributed by atoms with van der Waals surface area (Å²) in [4.78, 5) is 26.9. The molecule has 0 N–H and O–H groups in total. The topological polar surface area (TPSA) is 80.3 Å². The van der Waals surface area contributed by atoms with Crippen molar-refractivity contribution in [2.75, 3.05) is 6.61 Å². The molecule has 0 saturated carbocycles. The normalized spacial score (nSPS) is 29.6. The summed E-state index contributed by atoms with van der Waals surface area (Å²) in [5.74, 6) is 5.52. The number of carbonyl (C=O) groups is 2. The zero-order valence-electron chi connectivity index (χ0n) is 33.1. The summed E-state index contributed by atoms with van der Waals surface area (Å²) in [5.41, 5.74) is 1.29. The molecule has 0 fully saturated rings. The fourth-order valence-corrected chi connectivity index (χ4v) is 8.36. The lowest BCUT2D eigenvalue weighted by molar-refractivity contribution is -0.145. The molecule has 0 amide bonds. The first kappa shape index (κ1) is 42.3. The number of esters is 1. The predicted molar refractivity (Wildman–Crippen MR) is 208 cm³/mol. The molecular weight excluding hydrogens is 661 g/mol. The van der Waals surface area contributed by atoms with Crippen molar-refractivity contribution in [3.63, 3.8) is 0 Å². The number of rotatable bonds is 7. The summed E-state index contributed by atoms with van der Waals surface area (Å²) in [6, 6.07) is 0. The highest BCUT2D eigenvalue weighted by atomic mass is 28.4. The third-order valence-corrected chi connectivity index (χ3v) is 19.9. The molecule has 7 nitrogen and oxygen atoms in total. The highest BCUT2D eigenvalue weighted by Gasteiger charge is 2.42. The first-order valence-corrected chi connectivity index (χ1v) is 24.5. The highest BCUT2D eigenvalue weighted by Crippen LogP contribution is 2.39. The van der Waals surface area contributed by atoms with Crippen molar-refractivity contribution in [2.24, 2.45) is 5.92 Å². The zero-order valence-corrected chi connectivity index (χ0v) is 35.1. The fraction of sp³-hybridized carbons (Fsp3) is 0.707. The van der Waals surface area contributed by atoms with E-state index in [1.807, 2.05) is 24.3 Å². The van der Waals surface area contributed by atoms with Crippen LogP contribution in [0.4, 0.5) is 0 Å². The van der Waals surface area contributed by atoms with Crippen molar-refractivity contribution in [3.8, 4) is 11.8 Å². The Labute approximate surface area is 305 Å². The number of carbonyl (C=O) groups excluding carboxylic acids is 2. The minimum absolute atomic E-state index is 0.0106. The summed E-state index contributed by atoms with van der Waals surface area (Å²) in [5, 5.41) is -0.0934. The van der Waals surface area contributed by atoms with Crippen molar-refractivity contribution in [3.05, 3.63) is 48.1 Å². The lowest BCUT2D eigenvalue weighted by atomic mass is 9.93. The van der Waals surface area contributed by atoms with Gasteiger partial charge in [0.05, 0.1) is 31.0 Å². The molecule has 0 radical (unpaired) electrons. The van der Waals surface area contributed by atoms with Crippen molar-refractivity contribution in [1.82, 2.24) is 0 Å². The predicted octanol–water partition coefficient (Wildman–Crippen LogP) is 9.41. The maximum Gasteiger partial charge on any atom is 0.384 e. The maximum absolute atomic E-state index is 13.5. The standard InChI is InChI=1S/C41H66O7Si2/c1-30-24-25-44-34(27-30)22-23-38(48-50(11,12)41(6,7)8)37-20-14-19-36(47-49(9,10)40(3,4)5)29-32(42)26-31(2)28-35-18-13-16-33(45-35)17-15-21-39(43)46-37/h13-14,16,19,22-24,31,33-38H,17-18,20,25-29H2,1-12H3/b19-14+,23-22+/t31?,33-,34+,35-,36+,37-,38-/m0/s1. The van der Waals surface area contributed by atoms with Crippen LogP contribution in [-0.2, 0) is 32.7 Å². The number of hydrogen-bond acceptors (Lipinski definition) is 7. The van der Waals surface area contributed by atoms with Crippen LogP contribution in [0.5, 0.6) is 0 Å². The molecule has 3 rings (SSSR count). The van der Waals surface area contributed by atoms with Crippen molar-refractivity contribution in [1.29, 1.82) is 0 Å². The molecule has 7 atom stereocenters. The second-order valence-electron chi connectivity index (χ2n) is 17.6. The average Bonchev–Trinajstić information content (AvgIpc) is 2.97. The molecule has 3 heterocycles. The third-order valence-electron chi connectivity index (χ3n) is 10.9. The van der Waals surface area contributed by atoms with E-state index < -0.39 is 34.8 Å². The van der Waals surface area contributed by atoms with Gasteiger partial charge in [-0.2, -0.15) is 0 Å². The van der Waals surface area contributed by atoms with Crippen LogP contribution in [0.3, 0.4) is 0 Å². The number of ketones is 1. The van der Waals surface area contributed by atoms with Crippen molar-refractivity contribution >= 4 is 28.4 Å². The van der Waals surface area contributed by atoms with Gasteiger partial charge in [0.2, 0.25) is 0 Å². The van der Waals surface area contributed by atoms with Crippen LogP contribution in [0.15, 0.2) is 48.1 Å². The largest absolute Gasteiger partial charge is 0.449 e. The molecule has 3 aliphatic rings.